The minimum Gasteiger partial charge on any atom is -0.382 e. The van der Waals surface area contributed by atoms with Crippen molar-refractivity contribution in [3.63, 3.8) is 0 Å². The first kappa shape index (κ1) is 13.3. The van der Waals surface area contributed by atoms with Crippen molar-refractivity contribution in [2.24, 2.45) is 5.92 Å². The van der Waals surface area contributed by atoms with Crippen molar-refractivity contribution in [1.82, 2.24) is 0 Å². The number of rotatable bonds is 3. The van der Waals surface area contributed by atoms with Crippen molar-refractivity contribution in [2.45, 2.75) is 19.3 Å². The molecule has 0 fully saturated rings. The molecule has 1 aliphatic rings. The zero-order valence-electron chi connectivity index (χ0n) is 9.35. The predicted molar refractivity (Wildman–Crippen MR) is 79.1 cm³/mol. The first-order valence-electron chi connectivity index (χ1n) is 5.70. The van der Waals surface area contributed by atoms with Crippen molar-refractivity contribution in [3.8, 4) is 0 Å². The van der Waals surface area contributed by atoms with Gasteiger partial charge in [-0.25, -0.2) is 0 Å². The van der Waals surface area contributed by atoms with E-state index in [4.69, 9.17) is 23.2 Å². The molecule has 1 aliphatic carbocycles. The second-order valence-corrected chi connectivity index (χ2v) is 6.01. The summed E-state index contributed by atoms with van der Waals surface area (Å²) in [6, 6.07) is 3.72. The zero-order chi connectivity index (χ0) is 12.3. The maximum absolute atomic E-state index is 6.16. The van der Waals surface area contributed by atoms with E-state index in [2.05, 4.69) is 33.4 Å². The second kappa shape index (κ2) is 6.12. The molecule has 0 radical (unpaired) electrons. The van der Waals surface area contributed by atoms with Gasteiger partial charge in [-0.2, -0.15) is 0 Å². The highest BCUT2D eigenvalue weighted by Crippen LogP contribution is 2.34. The predicted octanol–water partition coefficient (Wildman–Crippen LogP) is 5.52. The lowest BCUT2D eigenvalue weighted by Crippen LogP contribution is -2.15. The molecule has 0 bridgehead atoms. The Labute approximate surface area is 120 Å². The molecule has 17 heavy (non-hydrogen) atoms. The number of allylic oxidation sites excluding steroid dienone is 2. The Bertz CT molecular complexity index is 408. The van der Waals surface area contributed by atoms with Crippen molar-refractivity contribution in [3.05, 3.63) is 38.8 Å². The van der Waals surface area contributed by atoms with Crippen molar-refractivity contribution in [1.29, 1.82) is 0 Å². The first-order chi connectivity index (χ1) is 8.16. The molecule has 0 saturated carbocycles. The fourth-order valence-electron chi connectivity index (χ4n) is 2.00. The van der Waals surface area contributed by atoms with E-state index in [0.29, 0.717) is 16.0 Å². The van der Waals surface area contributed by atoms with Gasteiger partial charge in [-0.1, -0.05) is 51.3 Å². The Hall–Kier alpha value is -0.180. The molecule has 2 rings (SSSR count). The fourth-order valence-corrected chi connectivity index (χ4v) is 3.34. The minimum absolute atomic E-state index is 0.663. The number of hydrogen-bond acceptors (Lipinski definition) is 1. The summed E-state index contributed by atoms with van der Waals surface area (Å²) in [4.78, 5) is 0. The van der Waals surface area contributed by atoms with E-state index < -0.39 is 0 Å². The van der Waals surface area contributed by atoms with Gasteiger partial charge < -0.3 is 5.32 Å². The average Bonchev–Trinajstić information content (AvgIpc) is 2.29. The summed E-state index contributed by atoms with van der Waals surface area (Å²) in [5.41, 5.74) is 0.839. The van der Waals surface area contributed by atoms with Gasteiger partial charge in [0, 0.05) is 11.0 Å². The van der Waals surface area contributed by atoms with Crippen LogP contribution in [0.3, 0.4) is 0 Å². The normalized spacial score (nSPS) is 19.4. The maximum Gasteiger partial charge on any atom is 0.0719 e. The fraction of sp³-hybridized carbons (Fsp3) is 0.385. The SMILES string of the molecule is Clc1cc(Br)cc(Cl)c1NCC1CC=CCC1. The van der Waals surface area contributed by atoms with Gasteiger partial charge in [0.15, 0.2) is 0 Å². The summed E-state index contributed by atoms with van der Waals surface area (Å²) in [5, 5.41) is 4.68. The van der Waals surface area contributed by atoms with Gasteiger partial charge in [0.1, 0.15) is 0 Å². The average molecular weight is 335 g/mol. The summed E-state index contributed by atoms with van der Waals surface area (Å²) < 4.78 is 0.902. The van der Waals surface area contributed by atoms with E-state index in [-0.39, 0.29) is 0 Å². The third kappa shape index (κ3) is 3.64. The van der Waals surface area contributed by atoms with Gasteiger partial charge in [0.2, 0.25) is 0 Å². The molecular weight excluding hydrogens is 321 g/mol. The summed E-state index contributed by atoms with van der Waals surface area (Å²) in [7, 11) is 0. The molecule has 0 amide bonds. The minimum atomic E-state index is 0.663. The number of anilines is 1. The Kier molecular flexibility index (Phi) is 4.78. The lowest BCUT2D eigenvalue weighted by Gasteiger charge is -2.20. The summed E-state index contributed by atoms with van der Waals surface area (Å²) in [6.45, 7) is 0.922. The number of nitrogens with one attached hydrogen (secondary N) is 1. The molecule has 92 valence electrons. The van der Waals surface area contributed by atoms with Crippen LogP contribution in [0.15, 0.2) is 28.8 Å². The van der Waals surface area contributed by atoms with E-state index in [1.807, 2.05) is 12.1 Å². The molecule has 0 spiro atoms. The summed E-state index contributed by atoms with van der Waals surface area (Å²) >= 11 is 15.7. The third-order valence-electron chi connectivity index (χ3n) is 2.95. The molecule has 1 aromatic rings. The van der Waals surface area contributed by atoms with Crippen LogP contribution in [0.1, 0.15) is 19.3 Å². The Morgan fingerprint density at radius 2 is 1.94 bits per heavy atom. The molecule has 4 heteroatoms. The van der Waals surface area contributed by atoms with Crippen molar-refractivity contribution >= 4 is 44.8 Å². The van der Waals surface area contributed by atoms with Gasteiger partial charge in [-0.15, -0.1) is 0 Å². The Balaban J connectivity index is 2.01. The summed E-state index contributed by atoms with van der Waals surface area (Å²) in [6.07, 6.45) is 8.04. The Morgan fingerprint density at radius 1 is 1.24 bits per heavy atom. The van der Waals surface area contributed by atoms with Crippen molar-refractivity contribution < 1.29 is 0 Å². The number of benzene rings is 1. The molecule has 1 unspecified atom stereocenters. The van der Waals surface area contributed by atoms with Gasteiger partial charge in [-0.3, -0.25) is 0 Å². The van der Waals surface area contributed by atoms with Gasteiger partial charge >= 0.3 is 0 Å². The van der Waals surface area contributed by atoms with Gasteiger partial charge in [-0.05, 0) is 37.3 Å². The van der Waals surface area contributed by atoms with Gasteiger partial charge in [0.25, 0.3) is 0 Å². The largest absolute Gasteiger partial charge is 0.382 e. The highest BCUT2D eigenvalue weighted by Gasteiger charge is 2.12. The van der Waals surface area contributed by atoms with Crippen LogP contribution in [-0.4, -0.2) is 6.54 Å². The lowest BCUT2D eigenvalue weighted by atomic mass is 9.94. The molecule has 0 aliphatic heterocycles. The second-order valence-electron chi connectivity index (χ2n) is 4.28. The van der Waals surface area contributed by atoms with E-state index in [1.54, 1.807) is 0 Å². The topological polar surface area (TPSA) is 12.0 Å². The summed E-state index contributed by atoms with van der Waals surface area (Å²) in [5.74, 6) is 0.677. The molecule has 0 aromatic heterocycles. The van der Waals surface area contributed by atoms with Crippen LogP contribution in [0, 0.1) is 5.92 Å². The van der Waals surface area contributed by atoms with Crippen LogP contribution in [0.2, 0.25) is 10.0 Å². The molecule has 1 aromatic carbocycles. The highest BCUT2D eigenvalue weighted by molar-refractivity contribution is 9.10. The quantitative estimate of drug-likeness (QED) is 0.717. The van der Waals surface area contributed by atoms with Crippen molar-refractivity contribution in [2.75, 3.05) is 11.9 Å². The smallest absolute Gasteiger partial charge is 0.0719 e. The van der Waals surface area contributed by atoms with Gasteiger partial charge in [0.05, 0.1) is 15.7 Å². The first-order valence-corrected chi connectivity index (χ1v) is 7.25. The van der Waals surface area contributed by atoms with Crippen LogP contribution in [0.25, 0.3) is 0 Å². The van der Waals surface area contributed by atoms with Crippen LogP contribution in [-0.2, 0) is 0 Å². The number of hydrogen-bond donors (Lipinski definition) is 1. The van der Waals surface area contributed by atoms with E-state index in [0.717, 1.165) is 23.1 Å². The van der Waals surface area contributed by atoms with Crippen LogP contribution < -0.4 is 5.32 Å². The van der Waals surface area contributed by atoms with E-state index >= 15 is 0 Å². The molecular formula is C13H14BrCl2N. The molecule has 1 nitrogen and oxygen atoms in total. The third-order valence-corrected chi connectivity index (χ3v) is 4.01. The van der Waals surface area contributed by atoms with Crippen LogP contribution >= 0.6 is 39.1 Å². The van der Waals surface area contributed by atoms with E-state index in [9.17, 15) is 0 Å². The van der Waals surface area contributed by atoms with Crippen LogP contribution in [0.5, 0.6) is 0 Å². The highest BCUT2D eigenvalue weighted by atomic mass is 79.9. The van der Waals surface area contributed by atoms with E-state index in [1.165, 1.54) is 12.8 Å². The number of halogens is 3. The molecule has 1 atom stereocenters. The molecule has 1 N–H and O–H groups in total. The van der Waals surface area contributed by atoms with Crippen LogP contribution in [0.4, 0.5) is 5.69 Å². The molecule has 0 heterocycles. The monoisotopic (exact) mass is 333 g/mol. The molecule has 0 saturated heterocycles. The lowest BCUT2D eigenvalue weighted by molar-refractivity contribution is 0.504. The maximum atomic E-state index is 6.16. The zero-order valence-corrected chi connectivity index (χ0v) is 12.4. The Morgan fingerprint density at radius 3 is 2.53 bits per heavy atom. The standard InChI is InChI=1S/C13H14BrCl2N/c14-10-6-11(15)13(12(16)7-10)17-8-9-4-2-1-3-5-9/h1-2,6-7,9,17H,3-5,8H2.